The van der Waals surface area contributed by atoms with Crippen molar-refractivity contribution in [2.75, 3.05) is 6.54 Å². The summed E-state index contributed by atoms with van der Waals surface area (Å²) < 4.78 is 0. The maximum absolute atomic E-state index is 12.2. The van der Waals surface area contributed by atoms with Gasteiger partial charge in [-0.2, -0.15) is 0 Å². The number of carbonyl (C=O) groups excluding carboxylic acids is 1. The summed E-state index contributed by atoms with van der Waals surface area (Å²) in [4.78, 5) is 26.1. The second-order valence-electron chi connectivity index (χ2n) is 7.53. The molecule has 0 aliphatic heterocycles. The molecule has 4 aliphatic rings. The molecule has 4 nitrogen and oxygen atoms in total. The number of carbonyl (C=O) groups is 1. The molecule has 0 spiro atoms. The summed E-state index contributed by atoms with van der Waals surface area (Å²) in [6, 6.07) is 4.71. The third-order valence-corrected chi connectivity index (χ3v) is 5.80. The quantitative estimate of drug-likeness (QED) is 0.895. The molecule has 0 aromatic carbocycles. The van der Waals surface area contributed by atoms with Gasteiger partial charge in [-0.15, -0.1) is 0 Å². The highest BCUT2D eigenvalue weighted by Gasteiger charge is 2.50. The summed E-state index contributed by atoms with van der Waals surface area (Å²) in [7, 11) is 0. The van der Waals surface area contributed by atoms with Crippen molar-refractivity contribution in [2.45, 2.75) is 38.5 Å². The van der Waals surface area contributed by atoms with Crippen LogP contribution in [0.25, 0.3) is 0 Å². The number of H-pyrrole nitrogens is 1. The fourth-order valence-electron chi connectivity index (χ4n) is 5.45. The van der Waals surface area contributed by atoms with Crippen molar-refractivity contribution in [1.82, 2.24) is 10.3 Å². The zero-order valence-electron chi connectivity index (χ0n) is 12.2. The van der Waals surface area contributed by atoms with Gasteiger partial charge in [0.05, 0.1) is 0 Å². The van der Waals surface area contributed by atoms with Gasteiger partial charge in [0, 0.05) is 12.6 Å². The van der Waals surface area contributed by atoms with E-state index in [0.717, 1.165) is 24.3 Å². The molecule has 1 amide bonds. The SMILES string of the molecule is O=C(NCC12CC3CC(CC(C3)C1)C2)c1cccc(=O)[nH]1. The number of hydrogen-bond acceptors (Lipinski definition) is 2. The van der Waals surface area contributed by atoms with Gasteiger partial charge in [-0.05, 0) is 67.8 Å². The largest absolute Gasteiger partial charge is 0.350 e. The lowest BCUT2D eigenvalue weighted by Gasteiger charge is -2.56. The van der Waals surface area contributed by atoms with Crippen LogP contribution in [0.1, 0.15) is 49.0 Å². The second kappa shape index (κ2) is 4.72. The first-order valence-corrected chi connectivity index (χ1v) is 8.09. The molecule has 0 atom stereocenters. The van der Waals surface area contributed by atoms with E-state index >= 15 is 0 Å². The number of rotatable bonds is 3. The highest BCUT2D eigenvalue weighted by molar-refractivity contribution is 5.92. The van der Waals surface area contributed by atoms with Crippen LogP contribution in [-0.4, -0.2) is 17.4 Å². The Bertz CT molecular complexity index is 584. The Kier molecular flexibility index (Phi) is 2.95. The van der Waals surface area contributed by atoms with Crippen LogP contribution < -0.4 is 10.9 Å². The molecule has 1 heterocycles. The molecule has 4 aliphatic carbocycles. The van der Waals surface area contributed by atoms with Gasteiger partial charge in [-0.25, -0.2) is 0 Å². The Morgan fingerprint density at radius 1 is 1.14 bits per heavy atom. The Morgan fingerprint density at radius 2 is 1.76 bits per heavy atom. The molecule has 4 saturated carbocycles. The Labute approximate surface area is 124 Å². The lowest BCUT2D eigenvalue weighted by atomic mass is 9.49. The minimum Gasteiger partial charge on any atom is -0.350 e. The molecule has 4 heteroatoms. The number of aromatic nitrogens is 1. The Balaban J connectivity index is 1.45. The van der Waals surface area contributed by atoms with E-state index < -0.39 is 0 Å². The van der Waals surface area contributed by atoms with Gasteiger partial charge in [0.15, 0.2) is 0 Å². The van der Waals surface area contributed by atoms with Gasteiger partial charge in [0.25, 0.3) is 5.91 Å². The van der Waals surface area contributed by atoms with Crippen molar-refractivity contribution < 1.29 is 4.79 Å². The summed E-state index contributed by atoms with van der Waals surface area (Å²) in [5.74, 6) is 2.53. The van der Waals surface area contributed by atoms with E-state index in [2.05, 4.69) is 10.3 Å². The third-order valence-electron chi connectivity index (χ3n) is 5.80. The van der Waals surface area contributed by atoms with Crippen LogP contribution in [0.5, 0.6) is 0 Å². The molecule has 0 radical (unpaired) electrons. The van der Waals surface area contributed by atoms with Crippen LogP contribution >= 0.6 is 0 Å². The minimum absolute atomic E-state index is 0.150. The van der Waals surface area contributed by atoms with Gasteiger partial charge >= 0.3 is 0 Å². The van der Waals surface area contributed by atoms with Crippen molar-refractivity contribution in [3.8, 4) is 0 Å². The highest BCUT2D eigenvalue weighted by Crippen LogP contribution is 2.59. The number of aromatic amines is 1. The van der Waals surface area contributed by atoms with E-state index in [1.165, 1.54) is 44.6 Å². The highest BCUT2D eigenvalue weighted by atomic mass is 16.2. The third kappa shape index (κ3) is 2.41. The van der Waals surface area contributed by atoms with E-state index in [-0.39, 0.29) is 11.5 Å². The van der Waals surface area contributed by atoms with Crippen LogP contribution in [0, 0.1) is 23.2 Å². The Hall–Kier alpha value is -1.58. The molecule has 4 fully saturated rings. The molecular weight excluding hydrogens is 264 g/mol. The van der Waals surface area contributed by atoms with Gasteiger partial charge in [-0.3, -0.25) is 9.59 Å². The van der Waals surface area contributed by atoms with E-state index in [1.54, 1.807) is 12.1 Å². The maximum atomic E-state index is 12.2. The van der Waals surface area contributed by atoms with Crippen LogP contribution in [0.15, 0.2) is 23.0 Å². The van der Waals surface area contributed by atoms with E-state index in [1.807, 2.05) is 0 Å². The van der Waals surface area contributed by atoms with E-state index in [4.69, 9.17) is 0 Å². The number of pyridine rings is 1. The molecule has 5 rings (SSSR count). The van der Waals surface area contributed by atoms with E-state index in [9.17, 15) is 9.59 Å². The predicted molar refractivity (Wildman–Crippen MR) is 80.0 cm³/mol. The molecule has 1 aromatic heterocycles. The van der Waals surface area contributed by atoms with Crippen LogP contribution in [-0.2, 0) is 0 Å². The van der Waals surface area contributed by atoms with Crippen LogP contribution in [0.3, 0.4) is 0 Å². The normalized spacial score (nSPS) is 36.7. The van der Waals surface area contributed by atoms with Gasteiger partial charge in [0.1, 0.15) is 5.69 Å². The van der Waals surface area contributed by atoms with Gasteiger partial charge in [-0.1, -0.05) is 6.07 Å². The summed E-state index contributed by atoms with van der Waals surface area (Å²) >= 11 is 0. The molecule has 4 bridgehead atoms. The molecule has 112 valence electrons. The smallest absolute Gasteiger partial charge is 0.267 e. The fraction of sp³-hybridized carbons (Fsp3) is 0.647. The van der Waals surface area contributed by atoms with Gasteiger partial charge < -0.3 is 10.3 Å². The Morgan fingerprint density at radius 3 is 2.33 bits per heavy atom. The first-order valence-electron chi connectivity index (χ1n) is 8.09. The van der Waals surface area contributed by atoms with Crippen molar-refractivity contribution in [3.05, 3.63) is 34.2 Å². The zero-order chi connectivity index (χ0) is 14.4. The van der Waals surface area contributed by atoms with Crippen molar-refractivity contribution in [1.29, 1.82) is 0 Å². The molecule has 0 saturated heterocycles. The fourth-order valence-corrected chi connectivity index (χ4v) is 5.45. The maximum Gasteiger partial charge on any atom is 0.267 e. The lowest BCUT2D eigenvalue weighted by molar-refractivity contribution is -0.0503. The summed E-state index contributed by atoms with van der Waals surface area (Å²) in [5, 5.41) is 3.07. The summed E-state index contributed by atoms with van der Waals surface area (Å²) in [5.41, 5.74) is 0.476. The van der Waals surface area contributed by atoms with E-state index in [0.29, 0.717) is 11.1 Å². The molecule has 21 heavy (non-hydrogen) atoms. The monoisotopic (exact) mass is 286 g/mol. The first-order chi connectivity index (χ1) is 10.1. The van der Waals surface area contributed by atoms with Crippen molar-refractivity contribution in [3.63, 3.8) is 0 Å². The summed E-state index contributed by atoms with van der Waals surface area (Å²) in [6.45, 7) is 0.770. The zero-order valence-corrected chi connectivity index (χ0v) is 12.2. The molecule has 2 N–H and O–H groups in total. The molecule has 0 unspecified atom stereocenters. The second-order valence-corrected chi connectivity index (χ2v) is 7.53. The minimum atomic E-state index is -0.225. The number of amides is 1. The van der Waals surface area contributed by atoms with Crippen LogP contribution in [0.2, 0.25) is 0 Å². The van der Waals surface area contributed by atoms with Crippen LogP contribution in [0.4, 0.5) is 0 Å². The number of hydrogen-bond donors (Lipinski definition) is 2. The summed E-state index contributed by atoms with van der Waals surface area (Å²) in [6.07, 6.45) is 8.09. The van der Waals surface area contributed by atoms with Gasteiger partial charge in [0.2, 0.25) is 5.56 Å². The molecular formula is C17H22N2O2. The lowest BCUT2D eigenvalue weighted by Crippen LogP contribution is -2.51. The van der Waals surface area contributed by atoms with Crippen molar-refractivity contribution in [2.24, 2.45) is 23.2 Å². The topological polar surface area (TPSA) is 62.0 Å². The average Bonchev–Trinajstić information content (AvgIpc) is 2.43. The molecule has 1 aromatic rings. The predicted octanol–water partition coefficient (Wildman–Crippen LogP) is 2.32. The number of nitrogens with one attached hydrogen (secondary N) is 2. The first kappa shape index (κ1) is 13.1. The van der Waals surface area contributed by atoms with Crippen molar-refractivity contribution >= 4 is 5.91 Å². The standard InChI is InChI=1S/C17H22N2O2/c20-15-3-1-2-14(19-15)16(21)18-10-17-7-11-4-12(8-17)6-13(5-11)9-17/h1-3,11-13H,4-10H2,(H,18,21)(H,19,20). The average molecular weight is 286 g/mol.